The highest BCUT2D eigenvalue weighted by atomic mass is 79.9. The van der Waals surface area contributed by atoms with Gasteiger partial charge in [-0.3, -0.25) is 4.79 Å². The summed E-state index contributed by atoms with van der Waals surface area (Å²) >= 11 is 3.44. The molecule has 2 heterocycles. The van der Waals surface area contributed by atoms with E-state index in [-0.39, 0.29) is 11.8 Å². The van der Waals surface area contributed by atoms with Crippen LogP contribution < -0.4 is 0 Å². The van der Waals surface area contributed by atoms with E-state index in [0.717, 1.165) is 21.3 Å². The Morgan fingerprint density at radius 3 is 2.95 bits per heavy atom. The van der Waals surface area contributed by atoms with Crippen LogP contribution in [0.25, 0.3) is 11.0 Å². The molecule has 1 aliphatic rings. The number of hydrogen-bond acceptors (Lipinski definition) is 2. The minimum absolute atomic E-state index is 0.117. The second kappa shape index (κ2) is 6.08. The van der Waals surface area contributed by atoms with Crippen LogP contribution in [0.15, 0.2) is 48.0 Å². The Morgan fingerprint density at radius 2 is 2.23 bits per heavy atom. The Hall–Kier alpha value is -1.88. The van der Waals surface area contributed by atoms with Gasteiger partial charge in [-0.15, -0.1) is 6.58 Å². The Morgan fingerprint density at radius 1 is 1.45 bits per heavy atom. The monoisotopic (exact) mass is 359 g/mol. The van der Waals surface area contributed by atoms with Crippen LogP contribution in [0.2, 0.25) is 0 Å². The summed E-state index contributed by atoms with van der Waals surface area (Å²) in [6.45, 7) is 9.61. The average Bonchev–Trinajstić information content (AvgIpc) is 3.01. The minimum atomic E-state index is 0.117. The van der Waals surface area contributed by atoms with E-state index in [1.165, 1.54) is 0 Å². The van der Waals surface area contributed by atoms with Crippen molar-refractivity contribution in [2.75, 3.05) is 13.1 Å². The molecule has 1 fully saturated rings. The normalized spacial score (nSPS) is 18.1. The van der Waals surface area contributed by atoms with Crippen molar-refractivity contribution in [2.45, 2.75) is 18.9 Å². The molecule has 2 aromatic rings. The zero-order chi connectivity index (χ0) is 15.7. The Bertz CT molecular complexity index is 749. The van der Waals surface area contributed by atoms with Crippen LogP contribution in [0, 0.1) is 0 Å². The summed E-state index contributed by atoms with van der Waals surface area (Å²) in [5.41, 5.74) is 2.04. The number of aromatic nitrogens is 2. The van der Waals surface area contributed by atoms with E-state index in [9.17, 15) is 4.79 Å². The molecule has 1 unspecified atom stereocenters. The summed E-state index contributed by atoms with van der Waals surface area (Å²) in [5, 5.41) is 0. The fourth-order valence-corrected chi connectivity index (χ4v) is 3.27. The molecule has 114 valence electrons. The molecule has 1 aliphatic heterocycles. The van der Waals surface area contributed by atoms with Crippen LogP contribution in [0.3, 0.4) is 0 Å². The first-order chi connectivity index (χ1) is 10.6. The van der Waals surface area contributed by atoms with E-state index in [1.54, 1.807) is 6.08 Å². The van der Waals surface area contributed by atoms with Crippen LogP contribution in [-0.4, -0.2) is 33.4 Å². The van der Waals surface area contributed by atoms with Crippen molar-refractivity contribution in [2.24, 2.45) is 0 Å². The largest absolute Gasteiger partial charge is 0.338 e. The van der Waals surface area contributed by atoms with Gasteiger partial charge in [0.2, 0.25) is 5.91 Å². The number of likely N-dealkylation sites (tertiary alicyclic amines) is 1. The third-order valence-corrected chi connectivity index (χ3v) is 4.19. The molecule has 1 aromatic carbocycles. The van der Waals surface area contributed by atoms with Crippen molar-refractivity contribution < 1.29 is 4.79 Å². The summed E-state index contributed by atoms with van der Waals surface area (Å²) in [7, 11) is 0. The van der Waals surface area contributed by atoms with E-state index >= 15 is 0 Å². The molecule has 22 heavy (non-hydrogen) atoms. The van der Waals surface area contributed by atoms with Crippen LogP contribution in [0.5, 0.6) is 0 Å². The van der Waals surface area contributed by atoms with Crippen molar-refractivity contribution in [3.05, 3.63) is 53.8 Å². The second-order valence-corrected chi connectivity index (χ2v) is 6.67. The lowest BCUT2D eigenvalue weighted by Crippen LogP contribution is -2.25. The quantitative estimate of drug-likeness (QED) is 0.766. The standard InChI is InChI=1S/C17H18BrN3O/c1-3-8-20-11-13(9-16(20)22)17-19-14-6-4-5-7-15(14)21(17)10-12(2)18/h3-7,13H,1-2,8-11H2. The number of rotatable bonds is 5. The first-order valence-corrected chi connectivity index (χ1v) is 8.06. The number of imidazole rings is 1. The lowest BCUT2D eigenvalue weighted by Gasteiger charge is -2.15. The topological polar surface area (TPSA) is 38.1 Å². The first kappa shape index (κ1) is 15.0. The number of carbonyl (C=O) groups is 1. The third kappa shape index (κ3) is 2.73. The average molecular weight is 360 g/mol. The molecule has 0 radical (unpaired) electrons. The number of fused-ring (bicyclic) bond motifs is 1. The van der Waals surface area contributed by atoms with Crippen molar-refractivity contribution >= 4 is 32.9 Å². The van der Waals surface area contributed by atoms with Crippen LogP contribution >= 0.6 is 15.9 Å². The number of para-hydroxylation sites is 2. The van der Waals surface area contributed by atoms with Gasteiger partial charge in [0.05, 0.1) is 17.6 Å². The molecule has 1 saturated heterocycles. The Labute approximate surface area is 138 Å². The molecular weight excluding hydrogens is 342 g/mol. The van der Waals surface area contributed by atoms with Crippen LogP contribution in [-0.2, 0) is 11.3 Å². The summed E-state index contributed by atoms with van der Waals surface area (Å²) in [6.07, 6.45) is 2.27. The molecule has 0 N–H and O–H groups in total. The number of amides is 1. The fraction of sp³-hybridized carbons (Fsp3) is 0.294. The molecule has 0 bridgehead atoms. The van der Waals surface area contributed by atoms with E-state index < -0.39 is 0 Å². The predicted molar refractivity (Wildman–Crippen MR) is 91.9 cm³/mol. The van der Waals surface area contributed by atoms with Crippen molar-refractivity contribution in [3.8, 4) is 0 Å². The highest BCUT2D eigenvalue weighted by Crippen LogP contribution is 2.31. The number of nitrogens with zero attached hydrogens (tertiary/aromatic N) is 3. The first-order valence-electron chi connectivity index (χ1n) is 7.27. The molecule has 0 spiro atoms. The minimum Gasteiger partial charge on any atom is -0.338 e. The van der Waals surface area contributed by atoms with E-state index in [4.69, 9.17) is 4.98 Å². The van der Waals surface area contributed by atoms with Crippen molar-refractivity contribution in [1.29, 1.82) is 0 Å². The maximum absolute atomic E-state index is 12.1. The smallest absolute Gasteiger partial charge is 0.223 e. The van der Waals surface area contributed by atoms with Crippen molar-refractivity contribution in [1.82, 2.24) is 14.5 Å². The van der Waals surface area contributed by atoms with E-state index in [0.29, 0.717) is 26.1 Å². The van der Waals surface area contributed by atoms with E-state index in [1.807, 2.05) is 23.1 Å². The van der Waals surface area contributed by atoms with Gasteiger partial charge in [-0.1, -0.05) is 40.7 Å². The zero-order valence-corrected chi connectivity index (χ0v) is 13.9. The molecule has 3 rings (SSSR count). The molecule has 5 heteroatoms. The lowest BCUT2D eigenvalue weighted by molar-refractivity contribution is -0.127. The third-order valence-electron chi connectivity index (χ3n) is 3.94. The number of hydrogen-bond donors (Lipinski definition) is 0. The second-order valence-electron chi connectivity index (χ2n) is 5.55. The molecule has 1 atom stereocenters. The maximum atomic E-state index is 12.1. The van der Waals surface area contributed by atoms with Gasteiger partial charge >= 0.3 is 0 Å². The Balaban J connectivity index is 2.01. The summed E-state index contributed by atoms with van der Waals surface area (Å²) in [6, 6.07) is 8.05. The summed E-state index contributed by atoms with van der Waals surface area (Å²) in [5.74, 6) is 1.24. The van der Waals surface area contributed by atoms with Gasteiger partial charge < -0.3 is 9.47 Å². The van der Waals surface area contributed by atoms with Gasteiger partial charge in [0.15, 0.2) is 0 Å². The number of halogens is 1. The van der Waals surface area contributed by atoms with Gasteiger partial charge in [-0.25, -0.2) is 4.98 Å². The van der Waals surface area contributed by atoms with Gasteiger partial charge in [-0.05, 0) is 12.1 Å². The summed E-state index contributed by atoms with van der Waals surface area (Å²) in [4.78, 5) is 18.7. The Kier molecular flexibility index (Phi) is 4.16. The zero-order valence-electron chi connectivity index (χ0n) is 12.3. The van der Waals surface area contributed by atoms with E-state index in [2.05, 4.69) is 39.7 Å². The summed E-state index contributed by atoms with van der Waals surface area (Å²) < 4.78 is 3.05. The molecule has 4 nitrogen and oxygen atoms in total. The highest BCUT2D eigenvalue weighted by Gasteiger charge is 2.33. The lowest BCUT2D eigenvalue weighted by atomic mass is 10.1. The molecule has 0 saturated carbocycles. The number of benzene rings is 1. The molecular formula is C17H18BrN3O. The number of carbonyl (C=O) groups excluding carboxylic acids is 1. The molecule has 1 amide bonds. The molecule has 0 aliphatic carbocycles. The molecule has 1 aromatic heterocycles. The van der Waals surface area contributed by atoms with Gasteiger partial charge in [0, 0.05) is 29.9 Å². The maximum Gasteiger partial charge on any atom is 0.223 e. The van der Waals surface area contributed by atoms with Gasteiger partial charge in [0.1, 0.15) is 5.82 Å². The van der Waals surface area contributed by atoms with Gasteiger partial charge in [-0.2, -0.15) is 0 Å². The fourth-order valence-electron chi connectivity index (χ4n) is 3.02. The van der Waals surface area contributed by atoms with Crippen LogP contribution in [0.1, 0.15) is 18.2 Å². The highest BCUT2D eigenvalue weighted by molar-refractivity contribution is 9.11. The SMILES string of the molecule is C=CCN1CC(c2nc3ccccc3n2CC(=C)Br)CC1=O. The van der Waals surface area contributed by atoms with Gasteiger partial charge in [0.25, 0.3) is 0 Å². The van der Waals surface area contributed by atoms with Crippen molar-refractivity contribution in [3.63, 3.8) is 0 Å². The predicted octanol–water partition coefficient (Wildman–Crippen LogP) is 3.45. The van der Waals surface area contributed by atoms with Crippen LogP contribution in [0.4, 0.5) is 0 Å². The number of allylic oxidation sites excluding steroid dienone is 1.